The Morgan fingerprint density at radius 3 is 2.00 bits per heavy atom. The molecule has 2 aliphatic heterocycles. The minimum absolute atomic E-state index is 0.144. The Bertz CT molecular complexity index is 1240. The lowest BCUT2D eigenvalue weighted by molar-refractivity contribution is 0.0240. The summed E-state index contributed by atoms with van der Waals surface area (Å²) in [4.78, 5) is 43.8. The van der Waals surface area contributed by atoms with E-state index in [2.05, 4.69) is 5.32 Å². The zero-order valence-corrected chi connectivity index (χ0v) is 22.2. The lowest BCUT2D eigenvalue weighted by atomic mass is 10.1. The van der Waals surface area contributed by atoms with Gasteiger partial charge in [0.1, 0.15) is 23.1 Å². The van der Waals surface area contributed by atoms with Crippen molar-refractivity contribution in [2.24, 2.45) is 0 Å². The molecule has 0 saturated carbocycles. The van der Waals surface area contributed by atoms with E-state index < -0.39 is 41.1 Å². The fourth-order valence-corrected chi connectivity index (χ4v) is 4.44. The Hall–Kier alpha value is -3.96. The zero-order valence-electron chi connectivity index (χ0n) is 22.2. The topological polar surface area (TPSA) is 85.4 Å². The van der Waals surface area contributed by atoms with Crippen LogP contribution < -0.4 is 10.2 Å². The van der Waals surface area contributed by atoms with Gasteiger partial charge in [-0.2, -0.15) is 0 Å². The van der Waals surface area contributed by atoms with Gasteiger partial charge in [-0.1, -0.05) is 0 Å². The number of halogens is 3. The summed E-state index contributed by atoms with van der Waals surface area (Å²) in [6.07, 6.45) is -0.396. The molecular weight excluding hydrogens is 515 g/mol. The molecule has 0 aliphatic carbocycles. The number of benzene rings is 2. The highest BCUT2D eigenvalue weighted by atomic mass is 19.1. The SMILES string of the molecule is CC(C)(C)OC(=O)N1CCN(c2ccc(NC(=O)N3CCN(C(=O)c4cc(F)ccc4F)CC3)cc2F)CC1. The Balaban J connectivity index is 1.28. The van der Waals surface area contributed by atoms with E-state index in [0.717, 1.165) is 18.2 Å². The van der Waals surface area contributed by atoms with Gasteiger partial charge < -0.3 is 29.7 Å². The summed E-state index contributed by atoms with van der Waals surface area (Å²) in [5, 5.41) is 2.66. The van der Waals surface area contributed by atoms with Gasteiger partial charge in [-0.15, -0.1) is 0 Å². The molecule has 2 aromatic carbocycles. The minimum Gasteiger partial charge on any atom is -0.444 e. The van der Waals surface area contributed by atoms with E-state index in [0.29, 0.717) is 31.9 Å². The van der Waals surface area contributed by atoms with Crippen molar-refractivity contribution in [2.45, 2.75) is 26.4 Å². The van der Waals surface area contributed by atoms with Crippen LogP contribution in [0.3, 0.4) is 0 Å². The van der Waals surface area contributed by atoms with Gasteiger partial charge in [-0.05, 0) is 57.2 Å². The van der Waals surface area contributed by atoms with Crippen LogP contribution in [0.25, 0.3) is 0 Å². The second-order valence-corrected chi connectivity index (χ2v) is 10.5. The number of nitrogens with one attached hydrogen (secondary N) is 1. The maximum Gasteiger partial charge on any atom is 0.410 e. The Kier molecular flexibility index (Phi) is 8.22. The van der Waals surface area contributed by atoms with E-state index in [1.165, 1.54) is 15.9 Å². The molecule has 9 nitrogen and oxygen atoms in total. The fourth-order valence-electron chi connectivity index (χ4n) is 4.44. The van der Waals surface area contributed by atoms with E-state index in [-0.39, 0.29) is 37.4 Å². The van der Waals surface area contributed by atoms with Gasteiger partial charge in [0, 0.05) is 58.0 Å². The molecule has 210 valence electrons. The average molecular weight is 548 g/mol. The zero-order chi connectivity index (χ0) is 28.3. The molecule has 0 aromatic heterocycles. The van der Waals surface area contributed by atoms with Gasteiger partial charge in [0.25, 0.3) is 5.91 Å². The predicted octanol–water partition coefficient (Wildman–Crippen LogP) is 4.15. The number of rotatable bonds is 3. The fraction of sp³-hybridized carbons (Fsp3) is 0.444. The molecular formula is C27H32F3N5O4. The monoisotopic (exact) mass is 547 g/mol. The van der Waals surface area contributed by atoms with E-state index >= 15 is 0 Å². The standard InChI is InChI=1S/C27H32F3N5O4/c1-27(2,3)39-26(38)35-14-8-32(9-15-35)23-7-5-19(17-22(23)30)31-25(37)34-12-10-33(11-13-34)24(36)20-16-18(28)4-6-21(20)29/h4-7,16-17H,8-15H2,1-3H3,(H,31,37). The number of ether oxygens (including phenoxy) is 1. The van der Waals surface area contributed by atoms with Crippen molar-refractivity contribution in [1.29, 1.82) is 0 Å². The lowest BCUT2D eigenvalue weighted by Gasteiger charge is -2.37. The number of amides is 4. The second kappa shape index (κ2) is 11.4. The maximum absolute atomic E-state index is 15.0. The molecule has 0 unspecified atom stereocenters. The highest BCUT2D eigenvalue weighted by molar-refractivity contribution is 5.95. The van der Waals surface area contributed by atoms with E-state index in [9.17, 15) is 27.6 Å². The van der Waals surface area contributed by atoms with Crippen LogP contribution in [0.5, 0.6) is 0 Å². The van der Waals surface area contributed by atoms with Crippen molar-refractivity contribution in [1.82, 2.24) is 14.7 Å². The molecule has 0 radical (unpaired) electrons. The Morgan fingerprint density at radius 1 is 0.769 bits per heavy atom. The molecule has 0 atom stereocenters. The molecule has 4 rings (SSSR count). The van der Waals surface area contributed by atoms with Crippen molar-refractivity contribution in [3.05, 3.63) is 59.4 Å². The van der Waals surface area contributed by atoms with Crippen LogP contribution in [-0.2, 0) is 4.74 Å². The molecule has 4 amide bonds. The molecule has 2 saturated heterocycles. The molecule has 2 heterocycles. The first-order chi connectivity index (χ1) is 18.4. The largest absolute Gasteiger partial charge is 0.444 e. The van der Waals surface area contributed by atoms with Gasteiger partial charge in [0.05, 0.1) is 11.3 Å². The second-order valence-electron chi connectivity index (χ2n) is 10.5. The van der Waals surface area contributed by atoms with Crippen LogP contribution in [0.2, 0.25) is 0 Å². The highest BCUT2D eigenvalue weighted by Crippen LogP contribution is 2.25. The first-order valence-corrected chi connectivity index (χ1v) is 12.7. The number of carbonyl (C=O) groups is 3. The Labute approximate surface area is 225 Å². The number of urea groups is 1. The number of anilines is 2. The average Bonchev–Trinajstić information content (AvgIpc) is 2.89. The molecule has 1 N–H and O–H groups in total. The molecule has 2 aliphatic rings. The summed E-state index contributed by atoms with van der Waals surface area (Å²) in [5.41, 5.74) is -0.300. The van der Waals surface area contributed by atoms with E-state index in [1.807, 2.05) is 4.90 Å². The van der Waals surface area contributed by atoms with Crippen LogP contribution in [0.4, 0.5) is 34.1 Å². The van der Waals surface area contributed by atoms with Crippen molar-refractivity contribution in [3.8, 4) is 0 Å². The third-order valence-corrected chi connectivity index (χ3v) is 6.48. The van der Waals surface area contributed by atoms with Gasteiger partial charge in [-0.3, -0.25) is 4.79 Å². The Morgan fingerprint density at radius 2 is 1.38 bits per heavy atom. The van der Waals surface area contributed by atoms with Crippen LogP contribution in [-0.4, -0.2) is 90.7 Å². The molecule has 0 bridgehead atoms. The number of carbonyl (C=O) groups excluding carboxylic acids is 3. The van der Waals surface area contributed by atoms with Crippen LogP contribution in [0.15, 0.2) is 36.4 Å². The lowest BCUT2D eigenvalue weighted by Crippen LogP contribution is -2.51. The van der Waals surface area contributed by atoms with Crippen LogP contribution in [0, 0.1) is 17.5 Å². The summed E-state index contributed by atoms with van der Waals surface area (Å²) in [6, 6.07) is 6.66. The molecule has 0 spiro atoms. The first kappa shape index (κ1) is 28.1. The minimum atomic E-state index is -0.808. The van der Waals surface area contributed by atoms with Crippen LogP contribution >= 0.6 is 0 Å². The number of hydrogen-bond acceptors (Lipinski definition) is 5. The van der Waals surface area contributed by atoms with Gasteiger partial charge in [0.15, 0.2) is 0 Å². The van der Waals surface area contributed by atoms with Crippen molar-refractivity contribution >= 4 is 29.4 Å². The number of nitrogens with zero attached hydrogens (tertiary/aromatic N) is 4. The highest BCUT2D eigenvalue weighted by Gasteiger charge is 2.28. The van der Waals surface area contributed by atoms with Crippen molar-refractivity contribution < 1.29 is 32.3 Å². The smallest absolute Gasteiger partial charge is 0.410 e. The summed E-state index contributed by atoms with van der Waals surface area (Å²) >= 11 is 0. The molecule has 12 heteroatoms. The van der Waals surface area contributed by atoms with Crippen molar-refractivity contribution in [3.63, 3.8) is 0 Å². The first-order valence-electron chi connectivity index (χ1n) is 12.7. The van der Waals surface area contributed by atoms with Crippen LogP contribution in [0.1, 0.15) is 31.1 Å². The number of piperazine rings is 2. The molecule has 2 fully saturated rings. The quantitative estimate of drug-likeness (QED) is 0.624. The summed E-state index contributed by atoms with van der Waals surface area (Å²) in [7, 11) is 0. The molecule has 39 heavy (non-hydrogen) atoms. The predicted molar refractivity (Wildman–Crippen MR) is 139 cm³/mol. The van der Waals surface area contributed by atoms with Gasteiger partial charge in [-0.25, -0.2) is 22.8 Å². The number of hydrogen-bond donors (Lipinski definition) is 1. The molecule has 2 aromatic rings. The maximum atomic E-state index is 15.0. The van der Waals surface area contributed by atoms with Gasteiger partial charge >= 0.3 is 12.1 Å². The third kappa shape index (κ3) is 6.92. The van der Waals surface area contributed by atoms with E-state index in [4.69, 9.17) is 4.74 Å². The third-order valence-electron chi connectivity index (χ3n) is 6.48. The summed E-state index contributed by atoms with van der Waals surface area (Å²) in [6.45, 7) is 7.71. The van der Waals surface area contributed by atoms with Crippen molar-refractivity contribution in [2.75, 3.05) is 62.6 Å². The summed E-state index contributed by atoms with van der Waals surface area (Å²) < 4.78 is 47.8. The normalized spacial score (nSPS) is 16.3. The van der Waals surface area contributed by atoms with E-state index in [1.54, 1.807) is 37.8 Å². The van der Waals surface area contributed by atoms with Gasteiger partial charge in [0.2, 0.25) is 0 Å². The summed E-state index contributed by atoms with van der Waals surface area (Å²) in [5.74, 6) is -2.67.